The molecule has 3 aromatic rings. The van der Waals surface area contributed by atoms with Crippen LogP contribution >= 0.6 is 23.1 Å². The Morgan fingerprint density at radius 2 is 2.06 bits per heavy atom. The molecule has 0 spiro atoms. The van der Waals surface area contributed by atoms with Crippen LogP contribution in [0.15, 0.2) is 59.2 Å². The first-order valence-electron chi connectivity index (χ1n) is 9.85. The summed E-state index contributed by atoms with van der Waals surface area (Å²) in [6.07, 6.45) is 2.31. The summed E-state index contributed by atoms with van der Waals surface area (Å²) in [5.74, 6) is 0.597. The SMILES string of the molecule is [C-]#[N+]c1csc(C23CN(c4ncc(F)cn4)CC2CSC(NC(=O)c2ccccc2)=N3)c1. The molecule has 4 heterocycles. The number of carbonyl (C=O) groups excluding carboxylic acids is 1. The number of hydrogen-bond acceptors (Lipinski definition) is 7. The summed E-state index contributed by atoms with van der Waals surface area (Å²) >= 11 is 3.00. The first kappa shape index (κ1) is 20.6. The molecule has 0 bridgehead atoms. The zero-order valence-corrected chi connectivity index (χ0v) is 18.4. The molecule has 0 saturated carbocycles. The van der Waals surface area contributed by atoms with Crippen LogP contribution in [0.2, 0.25) is 0 Å². The number of rotatable bonds is 3. The first-order chi connectivity index (χ1) is 15.6. The van der Waals surface area contributed by atoms with Gasteiger partial charge in [0.2, 0.25) is 5.95 Å². The molecule has 10 heteroatoms. The highest BCUT2D eigenvalue weighted by Gasteiger charge is 2.51. The summed E-state index contributed by atoms with van der Waals surface area (Å²) in [5, 5.41) is 5.32. The number of nitrogens with zero attached hydrogens (tertiary/aromatic N) is 5. The van der Waals surface area contributed by atoms with Crippen LogP contribution in [0.25, 0.3) is 4.85 Å². The number of aliphatic imine (C=N–C) groups is 1. The second-order valence-corrected chi connectivity index (χ2v) is 9.45. The lowest BCUT2D eigenvalue weighted by atomic mass is 9.87. The monoisotopic (exact) mass is 464 g/mol. The number of hydrogen-bond donors (Lipinski definition) is 1. The van der Waals surface area contributed by atoms with Gasteiger partial charge in [-0.1, -0.05) is 30.0 Å². The lowest BCUT2D eigenvalue weighted by Crippen LogP contribution is -2.42. The molecule has 2 aliphatic rings. The van der Waals surface area contributed by atoms with E-state index in [4.69, 9.17) is 11.6 Å². The second-order valence-electron chi connectivity index (χ2n) is 7.53. The number of amidine groups is 1. The molecule has 2 aliphatic heterocycles. The average molecular weight is 465 g/mol. The van der Waals surface area contributed by atoms with Gasteiger partial charge in [-0.25, -0.2) is 24.2 Å². The zero-order chi connectivity index (χ0) is 22.1. The van der Waals surface area contributed by atoms with Crippen molar-refractivity contribution in [2.75, 3.05) is 23.7 Å². The average Bonchev–Trinajstić information content (AvgIpc) is 3.45. The van der Waals surface area contributed by atoms with Crippen LogP contribution in [0.5, 0.6) is 0 Å². The Kier molecular flexibility index (Phi) is 5.36. The second kappa shape index (κ2) is 8.33. The van der Waals surface area contributed by atoms with E-state index < -0.39 is 11.4 Å². The number of carbonyl (C=O) groups is 1. The maximum Gasteiger partial charge on any atom is 0.257 e. The Balaban J connectivity index is 1.50. The summed E-state index contributed by atoms with van der Waals surface area (Å²) in [5.41, 5.74) is 0.486. The largest absolute Gasteiger partial charge is 0.338 e. The molecule has 1 amide bonds. The van der Waals surface area contributed by atoms with E-state index in [0.717, 1.165) is 23.0 Å². The number of thiophene rings is 1. The fourth-order valence-corrected chi connectivity index (χ4v) is 6.17. The molecule has 160 valence electrons. The smallest absolute Gasteiger partial charge is 0.257 e. The van der Waals surface area contributed by atoms with Crippen molar-refractivity contribution in [3.8, 4) is 0 Å². The minimum atomic E-state index is -0.643. The molecule has 0 radical (unpaired) electrons. The molecule has 32 heavy (non-hydrogen) atoms. The topological polar surface area (TPSA) is 74.8 Å². The van der Waals surface area contributed by atoms with E-state index in [1.54, 1.807) is 12.1 Å². The maximum absolute atomic E-state index is 13.3. The van der Waals surface area contributed by atoms with Gasteiger partial charge in [0.25, 0.3) is 5.91 Å². The van der Waals surface area contributed by atoms with Gasteiger partial charge < -0.3 is 10.2 Å². The van der Waals surface area contributed by atoms with Crippen LogP contribution < -0.4 is 10.2 Å². The van der Waals surface area contributed by atoms with E-state index in [9.17, 15) is 9.18 Å². The Hall–Kier alpha value is -3.29. The van der Waals surface area contributed by atoms with Crippen LogP contribution in [0.1, 0.15) is 15.2 Å². The molecular weight excluding hydrogens is 447 g/mol. The fourth-order valence-electron chi connectivity index (χ4n) is 4.00. The molecule has 2 aromatic heterocycles. The summed E-state index contributed by atoms with van der Waals surface area (Å²) in [6, 6.07) is 10.9. The third-order valence-corrected chi connectivity index (χ3v) is 7.68. The number of halogens is 1. The highest BCUT2D eigenvalue weighted by molar-refractivity contribution is 8.13. The van der Waals surface area contributed by atoms with E-state index >= 15 is 0 Å². The van der Waals surface area contributed by atoms with E-state index in [0.29, 0.717) is 35.5 Å². The predicted octanol–water partition coefficient (Wildman–Crippen LogP) is 4.09. The Bertz CT molecular complexity index is 1220. The summed E-state index contributed by atoms with van der Waals surface area (Å²) < 4.78 is 13.3. The number of nitrogens with one attached hydrogen (secondary N) is 1. The molecule has 1 N–H and O–H groups in total. The predicted molar refractivity (Wildman–Crippen MR) is 124 cm³/mol. The number of anilines is 1. The van der Waals surface area contributed by atoms with Crippen LogP contribution in [0, 0.1) is 18.3 Å². The standard InChI is InChI=1S/C22H17FN6OS2/c1-24-17-7-18(31-12-17)22-13-29(20-25-8-16(23)9-26-20)10-15(22)11-32-21(28-22)27-19(30)14-5-3-2-4-6-14/h2-9,12,15H,10-11,13H2,(H,27,28,30). The molecule has 1 saturated heterocycles. The number of amides is 1. The van der Waals surface area contributed by atoms with Crippen molar-refractivity contribution in [1.82, 2.24) is 15.3 Å². The normalized spacial score (nSPS) is 22.1. The van der Waals surface area contributed by atoms with E-state index in [1.165, 1.54) is 23.1 Å². The summed E-state index contributed by atoms with van der Waals surface area (Å²) in [7, 11) is 0. The van der Waals surface area contributed by atoms with Gasteiger partial charge in [0.05, 0.1) is 25.5 Å². The first-order valence-corrected chi connectivity index (χ1v) is 11.7. The van der Waals surface area contributed by atoms with Crippen molar-refractivity contribution in [2.45, 2.75) is 5.54 Å². The number of benzene rings is 1. The number of thioether (sulfide) groups is 1. The van der Waals surface area contributed by atoms with Crippen molar-refractivity contribution in [1.29, 1.82) is 0 Å². The number of fused-ring (bicyclic) bond motifs is 1. The van der Waals surface area contributed by atoms with Crippen molar-refractivity contribution in [2.24, 2.45) is 10.9 Å². The quantitative estimate of drug-likeness (QED) is 0.591. The zero-order valence-electron chi connectivity index (χ0n) is 16.7. The van der Waals surface area contributed by atoms with Crippen molar-refractivity contribution in [3.63, 3.8) is 0 Å². The minimum absolute atomic E-state index is 0.121. The lowest BCUT2D eigenvalue weighted by Gasteiger charge is -2.34. The molecule has 2 unspecified atom stereocenters. The molecule has 1 aromatic carbocycles. The highest BCUT2D eigenvalue weighted by Crippen LogP contribution is 2.48. The molecule has 7 nitrogen and oxygen atoms in total. The van der Waals surface area contributed by atoms with E-state index in [2.05, 4.69) is 20.1 Å². The molecule has 1 fully saturated rings. The molecular formula is C22H17FN6OS2. The van der Waals surface area contributed by atoms with Crippen molar-refractivity contribution >= 4 is 45.8 Å². The van der Waals surface area contributed by atoms with Gasteiger partial charge in [-0.05, 0) is 23.6 Å². The fraction of sp³-hybridized carbons (Fsp3) is 0.227. The van der Waals surface area contributed by atoms with Crippen LogP contribution in [-0.2, 0) is 5.54 Å². The maximum atomic E-state index is 13.3. The van der Waals surface area contributed by atoms with Gasteiger partial charge in [0.1, 0.15) is 5.54 Å². The molecule has 0 aliphatic carbocycles. The van der Waals surface area contributed by atoms with Gasteiger partial charge in [-0.2, -0.15) is 11.3 Å². The van der Waals surface area contributed by atoms with E-state index in [-0.39, 0.29) is 11.8 Å². The van der Waals surface area contributed by atoms with E-state index in [1.807, 2.05) is 34.5 Å². The van der Waals surface area contributed by atoms with Crippen molar-refractivity contribution < 1.29 is 9.18 Å². The van der Waals surface area contributed by atoms with Gasteiger partial charge >= 0.3 is 0 Å². The minimum Gasteiger partial charge on any atom is -0.338 e. The number of aromatic nitrogens is 2. The molecule has 5 rings (SSSR count). The summed E-state index contributed by atoms with van der Waals surface area (Å²) in [4.78, 5) is 32.5. The Labute approximate surface area is 192 Å². The highest BCUT2D eigenvalue weighted by atomic mass is 32.2. The van der Waals surface area contributed by atoms with Gasteiger partial charge in [-0.15, -0.1) is 0 Å². The lowest BCUT2D eigenvalue weighted by molar-refractivity contribution is 0.0977. The molecule has 2 atom stereocenters. The van der Waals surface area contributed by atoms with Crippen molar-refractivity contribution in [3.05, 3.63) is 81.8 Å². The van der Waals surface area contributed by atoms with Crippen LogP contribution in [-0.4, -0.2) is 39.9 Å². The Morgan fingerprint density at radius 1 is 1.28 bits per heavy atom. The van der Waals surface area contributed by atoms with Crippen LogP contribution in [0.3, 0.4) is 0 Å². The third-order valence-electron chi connectivity index (χ3n) is 5.56. The third kappa shape index (κ3) is 3.74. The van der Waals surface area contributed by atoms with Gasteiger partial charge in [0, 0.05) is 28.7 Å². The van der Waals surface area contributed by atoms with Gasteiger partial charge in [-0.3, -0.25) is 4.79 Å². The van der Waals surface area contributed by atoms with Gasteiger partial charge in [0.15, 0.2) is 16.7 Å². The Morgan fingerprint density at radius 3 is 2.78 bits per heavy atom. The summed E-state index contributed by atoms with van der Waals surface area (Å²) in [6.45, 7) is 8.47. The van der Waals surface area contributed by atoms with Crippen LogP contribution in [0.4, 0.5) is 16.0 Å².